The summed E-state index contributed by atoms with van der Waals surface area (Å²) in [6.45, 7) is 0.487. The van der Waals surface area contributed by atoms with Crippen LogP contribution in [0.4, 0.5) is 13.2 Å². The predicted molar refractivity (Wildman–Crippen MR) is 89.7 cm³/mol. The number of nitrogens with one attached hydrogen (secondary N) is 2. The Morgan fingerprint density at radius 2 is 1.32 bits per heavy atom. The molecule has 2 N–H and O–H groups in total. The summed E-state index contributed by atoms with van der Waals surface area (Å²) >= 11 is 3.27. The van der Waals surface area contributed by atoms with Gasteiger partial charge >= 0.3 is 0 Å². The van der Waals surface area contributed by atoms with Gasteiger partial charge in [-0.05, 0) is 42.8 Å². The van der Waals surface area contributed by atoms with Crippen molar-refractivity contribution >= 4 is 27.7 Å². The fourth-order valence-electron chi connectivity index (χ4n) is 1.98. The smallest absolute Gasteiger partial charge is 0.251 e. The Labute approximate surface area is 150 Å². The molecule has 132 valence electrons. The van der Waals surface area contributed by atoms with E-state index in [2.05, 4.69) is 26.6 Å². The van der Waals surface area contributed by atoms with Gasteiger partial charge in [0.25, 0.3) is 11.8 Å². The number of halogens is 4. The third-order valence-corrected chi connectivity index (χ3v) is 3.81. The van der Waals surface area contributed by atoms with Crippen molar-refractivity contribution < 1.29 is 22.8 Å². The molecule has 0 radical (unpaired) electrons. The van der Waals surface area contributed by atoms with Crippen molar-refractivity contribution in [2.45, 2.75) is 6.42 Å². The molecular weight excluding hydrogens is 401 g/mol. The predicted octanol–water partition coefficient (Wildman–Crippen LogP) is 3.42. The highest BCUT2D eigenvalue weighted by Crippen LogP contribution is 2.13. The van der Waals surface area contributed by atoms with Gasteiger partial charge in [-0.1, -0.05) is 15.9 Å². The highest BCUT2D eigenvalue weighted by atomic mass is 79.9. The van der Waals surface area contributed by atoms with Crippen LogP contribution in [0.25, 0.3) is 0 Å². The molecule has 0 unspecified atom stereocenters. The third kappa shape index (κ3) is 5.32. The van der Waals surface area contributed by atoms with Crippen LogP contribution in [-0.2, 0) is 0 Å². The number of hydrogen-bond donors (Lipinski definition) is 2. The highest BCUT2D eigenvalue weighted by Gasteiger charge is 2.14. The third-order valence-electron chi connectivity index (χ3n) is 3.28. The van der Waals surface area contributed by atoms with Crippen LogP contribution in [0.3, 0.4) is 0 Å². The number of carbonyl (C=O) groups is 2. The molecule has 8 heteroatoms. The van der Waals surface area contributed by atoms with Crippen molar-refractivity contribution in [2.75, 3.05) is 13.1 Å². The molecular formula is C17H14BrF3N2O2. The molecule has 0 aliphatic carbocycles. The first-order valence-corrected chi connectivity index (χ1v) is 8.14. The molecule has 2 aromatic rings. The molecule has 0 spiro atoms. The Kier molecular flexibility index (Phi) is 6.58. The zero-order valence-corrected chi connectivity index (χ0v) is 14.5. The van der Waals surface area contributed by atoms with E-state index in [1.54, 1.807) is 24.3 Å². The number of carbonyl (C=O) groups excluding carboxylic acids is 2. The minimum Gasteiger partial charge on any atom is -0.352 e. The van der Waals surface area contributed by atoms with Crippen molar-refractivity contribution in [2.24, 2.45) is 0 Å². The van der Waals surface area contributed by atoms with Crippen molar-refractivity contribution in [1.82, 2.24) is 10.6 Å². The zero-order chi connectivity index (χ0) is 18.4. The lowest BCUT2D eigenvalue weighted by Crippen LogP contribution is -2.30. The first-order valence-electron chi connectivity index (χ1n) is 7.35. The number of benzene rings is 2. The average molecular weight is 415 g/mol. The van der Waals surface area contributed by atoms with Crippen LogP contribution >= 0.6 is 15.9 Å². The average Bonchev–Trinajstić information content (AvgIpc) is 2.59. The summed E-state index contributed by atoms with van der Waals surface area (Å²) in [5.74, 6) is -5.44. The maximum absolute atomic E-state index is 13.1. The molecule has 0 bridgehead atoms. The second-order valence-corrected chi connectivity index (χ2v) is 6.04. The van der Waals surface area contributed by atoms with Gasteiger partial charge < -0.3 is 10.6 Å². The summed E-state index contributed by atoms with van der Waals surface area (Å²) in [5, 5.41) is 5.12. The Morgan fingerprint density at radius 3 is 1.84 bits per heavy atom. The number of hydrogen-bond acceptors (Lipinski definition) is 2. The van der Waals surface area contributed by atoms with E-state index in [0.717, 1.165) is 4.47 Å². The molecule has 0 fully saturated rings. The van der Waals surface area contributed by atoms with E-state index in [-0.39, 0.29) is 18.0 Å². The van der Waals surface area contributed by atoms with Gasteiger partial charge in [0.2, 0.25) is 0 Å². The Balaban J connectivity index is 1.75. The van der Waals surface area contributed by atoms with E-state index in [1.807, 2.05) is 0 Å². The van der Waals surface area contributed by atoms with Crippen LogP contribution in [0.1, 0.15) is 27.1 Å². The normalized spacial score (nSPS) is 10.4. The van der Waals surface area contributed by atoms with Crippen LogP contribution < -0.4 is 10.6 Å². The zero-order valence-electron chi connectivity index (χ0n) is 12.9. The molecule has 2 aromatic carbocycles. The molecule has 0 saturated carbocycles. The molecule has 0 aliphatic rings. The van der Waals surface area contributed by atoms with E-state index >= 15 is 0 Å². The minimum atomic E-state index is -1.62. The van der Waals surface area contributed by atoms with Crippen LogP contribution in [0, 0.1) is 17.5 Å². The quantitative estimate of drug-likeness (QED) is 0.561. The van der Waals surface area contributed by atoms with E-state index in [1.165, 1.54) is 0 Å². The monoisotopic (exact) mass is 414 g/mol. The second-order valence-electron chi connectivity index (χ2n) is 5.13. The maximum Gasteiger partial charge on any atom is 0.251 e. The molecule has 2 rings (SSSR count). The highest BCUT2D eigenvalue weighted by molar-refractivity contribution is 9.10. The van der Waals surface area contributed by atoms with E-state index in [9.17, 15) is 22.8 Å². The van der Waals surface area contributed by atoms with E-state index in [4.69, 9.17) is 0 Å². The molecule has 0 heterocycles. The molecule has 0 aliphatic heterocycles. The summed E-state index contributed by atoms with van der Waals surface area (Å²) in [5.41, 5.74) is 0.194. The van der Waals surface area contributed by atoms with Crippen LogP contribution in [0.2, 0.25) is 0 Å². The van der Waals surface area contributed by atoms with Crippen molar-refractivity contribution in [3.8, 4) is 0 Å². The lowest BCUT2D eigenvalue weighted by atomic mass is 10.2. The molecule has 0 aromatic heterocycles. The molecule has 0 atom stereocenters. The first kappa shape index (κ1) is 19.0. The van der Waals surface area contributed by atoms with Crippen molar-refractivity contribution in [1.29, 1.82) is 0 Å². The molecule has 4 nitrogen and oxygen atoms in total. The van der Waals surface area contributed by atoms with Crippen LogP contribution in [0.5, 0.6) is 0 Å². The number of rotatable bonds is 6. The molecule has 2 amide bonds. The van der Waals surface area contributed by atoms with Gasteiger partial charge in [-0.2, -0.15) is 0 Å². The SMILES string of the molecule is O=C(NCCCNC(=O)c1cc(F)c(F)c(F)c1)c1ccc(Br)cc1. The lowest BCUT2D eigenvalue weighted by molar-refractivity contribution is 0.0951. The van der Waals surface area contributed by atoms with Gasteiger partial charge in [-0.15, -0.1) is 0 Å². The van der Waals surface area contributed by atoms with Gasteiger partial charge in [0.05, 0.1) is 0 Å². The summed E-state index contributed by atoms with van der Waals surface area (Å²) in [4.78, 5) is 23.6. The maximum atomic E-state index is 13.1. The fraction of sp³-hybridized carbons (Fsp3) is 0.176. The van der Waals surface area contributed by atoms with Gasteiger partial charge in [0.1, 0.15) is 0 Å². The van der Waals surface area contributed by atoms with Crippen LogP contribution in [0.15, 0.2) is 40.9 Å². The summed E-state index contributed by atoms with van der Waals surface area (Å²) in [6.07, 6.45) is 0.417. The fourth-order valence-corrected chi connectivity index (χ4v) is 2.25. The Bertz CT molecular complexity index is 759. The van der Waals surface area contributed by atoms with Crippen molar-refractivity contribution in [3.05, 3.63) is 69.4 Å². The van der Waals surface area contributed by atoms with Gasteiger partial charge in [-0.25, -0.2) is 13.2 Å². The second kappa shape index (κ2) is 8.66. The first-order chi connectivity index (χ1) is 11.9. The standard InChI is InChI=1S/C17H14BrF3N2O2/c18-12-4-2-10(3-5-12)16(24)22-6-1-7-23-17(25)11-8-13(19)15(21)14(20)9-11/h2-5,8-9H,1,6-7H2,(H,22,24)(H,23,25). The Hall–Kier alpha value is -2.35. The van der Waals surface area contributed by atoms with Gasteiger partial charge in [0.15, 0.2) is 17.5 Å². The van der Waals surface area contributed by atoms with Gasteiger partial charge in [0, 0.05) is 28.7 Å². The molecule has 0 saturated heterocycles. The van der Waals surface area contributed by atoms with Gasteiger partial charge in [-0.3, -0.25) is 9.59 Å². The van der Waals surface area contributed by atoms with E-state index in [0.29, 0.717) is 30.7 Å². The van der Waals surface area contributed by atoms with Crippen molar-refractivity contribution in [3.63, 3.8) is 0 Å². The number of amides is 2. The molecule has 25 heavy (non-hydrogen) atoms. The largest absolute Gasteiger partial charge is 0.352 e. The minimum absolute atomic E-state index is 0.181. The summed E-state index contributed by atoms with van der Waals surface area (Å²) in [6, 6.07) is 8.08. The Morgan fingerprint density at radius 1 is 0.840 bits per heavy atom. The summed E-state index contributed by atoms with van der Waals surface area (Å²) < 4.78 is 39.8. The lowest BCUT2D eigenvalue weighted by Gasteiger charge is -2.08. The summed E-state index contributed by atoms with van der Waals surface area (Å²) in [7, 11) is 0. The van der Waals surface area contributed by atoms with E-state index < -0.39 is 23.4 Å². The topological polar surface area (TPSA) is 58.2 Å². The van der Waals surface area contributed by atoms with Crippen LogP contribution in [-0.4, -0.2) is 24.9 Å².